The zero-order valence-electron chi connectivity index (χ0n) is 23.9. The molecule has 0 aliphatic carbocycles. The number of carbonyl (C=O) groups is 2. The molecule has 0 saturated heterocycles. The van der Waals surface area contributed by atoms with Crippen LogP contribution in [0.15, 0.2) is 78.6 Å². The smallest absolute Gasteiger partial charge is 0.340 e. The number of hydrogen-bond donors (Lipinski definition) is 0. The highest BCUT2D eigenvalue weighted by molar-refractivity contribution is 7.41. The molecule has 0 bridgehead atoms. The van der Waals surface area contributed by atoms with Gasteiger partial charge in [-0.2, -0.15) is 0 Å². The Labute approximate surface area is 241 Å². The molecule has 3 heterocycles. The number of likely N-dealkylation sites (N-methyl/N-ethyl adjacent to an activating group) is 1. The third-order valence-electron chi connectivity index (χ3n) is 6.30. The minimum absolute atomic E-state index is 0.123. The molecular formula is C29H37N4O7P. The van der Waals surface area contributed by atoms with Crippen LogP contribution >= 0.6 is 8.60 Å². The molecule has 0 atom stereocenters. The highest BCUT2D eigenvalue weighted by atomic mass is 31.2. The van der Waals surface area contributed by atoms with Crippen LogP contribution in [-0.2, 0) is 45.8 Å². The molecule has 0 N–H and O–H groups in total. The molecule has 0 radical (unpaired) electrons. The van der Waals surface area contributed by atoms with Gasteiger partial charge in [-0.25, -0.2) is 9.59 Å². The Morgan fingerprint density at radius 2 is 1.46 bits per heavy atom. The minimum atomic E-state index is -2.03. The Hall–Kier alpha value is -3.47. The van der Waals surface area contributed by atoms with Crippen molar-refractivity contribution < 1.29 is 32.6 Å². The van der Waals surface area contributed by atoms with Gasteiger partial charge in [0.25, 0.3) is 0 Å². The second-order valence-electron chi connectivity index (χ2n) is 9.85. The summed E-state index contributed by atoms with van der Waals surface area (Å²) in [5, 5.41) is 1.14. The summed E-state index contributed by atoms with van der Waals surface area (Å²) in [7, 11) is 5.72. The van der Waals surface area contributed by atoms with Crippen molar-refractivity contribution in [2.75, 3.05) is 48.3 Å². The number of ether oxygens (including phenoxy) is 2. The fraction of sp³-hybridized carbons (Fsp3) is 0.379. The van der Waals surface area contributed by atoms with E-state index in [1.54, 1.807) is 22.2 Å². The molecule has 220 valence electrons. The fourth-order valence-corrected chi connectivity index (χ4v) is 4.99. The quantitative estimate of drug-likeness (QED) is 0.180. The second kappa shape index (κ2) is 15.0. The summed E-state index contributed by atoms with van der Waals surface area (Å²) in [6, 6.07) is 8.10. The molecule has 0 saturated carbocycles. The number of rotatable bonds is 14. The number of carbonyl (C=O) groups excluding carboxylic acids is 2. The maximum atomic E-state index is 12.5. The standard InChI is InChI=1S/C29H37N4O7P/c1-30(2)16-13-23-19-33(27-12-6-5-11-26(23)27)20-38-41(39-21-36-28(34)24-9-7-14-31(3)17-24)40-22-37-29(35)25-10-8-15-32(4)18-25/h5-8,11-12,14-15,17-19H,9-10,13,16,20-22H2,1-4H3. The largest absolute Gasteiger partial charge is 0.435 e. The van der Waals surface area contributed by atoms with Crippen LogP contribution < -0.4 is 0 Å². The Bertz CT molecular complexity index is 1280. The highest BCUT2D eigenvalue weighted by Gasteiger charge is 2.20. The number of aromatic nitrogens is 1. The predicted octanol–water partition coefficient (Wildman–Crippen LogP) is 4.45. The first-order valence-corrected chi connectivity index (χ1v) is 14.3. The van der Waals surface area contributed by atoms with E-state index in [4.69, 9.17) is 23.0 Å². The lowest BCUT2D eigenvalue weighted by molar-refractivity contribution is -0.148. The van der Waals surface area contributed by atoms with Crippen molar-refractivity contribution in [1.29, 1.82) is 0 Å². The van der Waals surface area contributed by atoms with E-state index < -0.39 is 20.5 Å². The number of esters is 2. The maximum absolute atomic E-state index is 12.5. The third-order valence-corrected chi connectivity index (χ3v) is 7.26. The van der Waals surface area contributed by atoms with Crippen LogP contribution in [0.1, 0.15) is 18.4 Å². The molecule has 41 heavy (non-hydrogen) atoms. The molecule has 11 nitrogen and oxygen atoms in total. The number of hydrogen-bond acceptors (Lipinski definition) is 10. The van der Waals surface area contributed by atoms with Crippen LogP contribution in [0.5, 0.6) is 0 Å². The van der Waals surface area contributed by atoms with Crippen LogP contribution in [0.3, 0.4) is 0 Å². The van der Waals surface area contributed by atoms with Gasteiger partial charge in [0.15, 0.2) is 0 Å². The summed E-state index contributed by atoms with van der Waals surface area (Å²) in [6.07, 6.45) is 14.8. The van der Waals surface area contributed by atoms with Gasteiger partial charge in [0.1, 0.15) is 6.73 Å². The molecule has 12 heteroatoms. The van der Waals surface area contributed by atoms with Crippen molar-refractivity contribution in [1.82, 2.24) is 19.3 Å². The van der Waals surface area contributed by atoms with E-state index in [1.165, 1.54) is 5.56 Å². The van der Waals surface area contributed by atoms with E-state index >= 15 is 0 Å². The van der Waals surface area contributed by atoms with Gasteiger partial charge in [-0.15, -0.1) is 0 Å². The summed E-state index contributed by atoms with van der Waals surface area (Å²) in [5.41, 5.74) is 3.22. The lowest BCUT2D eigenvalue weighted by Gasteiger charge is -2.19. The van der Waals surface area contributed by atoms with Gasteiger partial charge in [-0.05, 0) is 44.5 Å². The van der Waals surface area contributed by atoms with Gasteiger partial charge in [-0.1, -0.05) is 30.4 Å². The molecule has 2 aromatic rings. The summed E-state index contributed by atoms with van der Waals surface area (Å²) < 4.78 is 29.9. The molecule has 0 spiro atoms. The summed E-state index contributed by atoms with van der Waals surface area (Å²) in [5.74, 6) is -0.989. The molecule has 0 fully saturated rings. The van der Waals surface area contributed by atoms with E-state index in [-0.39, 0.29) is 20.3 Å². The van der Waals surface area contributed by atoms with Gasteiger partial charge in [-0.3, -0.25) is 13.6 Å². The average molecular weight is 585 g/mol. The van der Waals surface area contributed by atoms with Crippen molar-refractivity contribution in [3.8, 4) is 0 Å². The van der Waals surface area contributed by atoms with Crippen molar-refractivity contribution in [2.45, 2.75) is 26.0 Å². The van der Waals surface area contributed by atoms with Gasteiger partial charge < -0.3 is 28.7 Å². The number of allylic oxidation sites excluding steroid dienone is 2. The molecule has 1 aromatic carbocycles. The van der Waals surface area contributed by atoms with E-state index in [0.717, 1.165) is 23.9 Å². The molecule has 1 aromatic heterocycles. The highest BCUT2D eigenvalue weighted by Crippen LogP contribution is 2.40. The molecule has 0 amide bonds. The van der Waals surface area contributed by atoms with E-state index in [1.807, 2.05) is 75.5 Å². The first-order valence-electron chi connectivity index (χ1n) is 13.2. The Morgan fingerprint density at radius 3 is 2.02 bits per heavy atom. The SMILES string of the molecule is CN1C=CCC(C(=O)OCOP(OCOC(=O)C2=CN(C)C=CC2)OCn2cc(CCN(C)C)c3ccccc32)=C1. The molecule has 4 rings (SSSR count). The van der Waals surface area contributed by atoms with Crippen molar-refractivity contribution >= 4 is 31.4 Å². The van der Waals surface area contributed by atoms with E-state index in [9.17, 15) is 9.59 Å². The lowest BCUT2D eigenvalue weighted by Crippen LogP contribution is -2.17. The lowest BCUT2D eigenvalue weighted by atomic mass is 10.1. The first-order chi connectivity index (χ1) is 19.8. The van der Waals surface area contributed by atoms with Gasteiger partial charge >= 0.3 is 20.5 Å². The number of para-hydroxylation sites is 1. The van der Waals surface area contributed by atoms with Gasteiger partial charge in [0.2, 0.25) is 13.6 Å². The first kappa shape index (κ1) is 30.5. The molecular weight excluding hydrogens is 547 g/mol. The van der Waals surface area contributed by atoms with E-state index in [2.05, 4.69) is 17.2 Å². The van der Waals surface area contributed by atoms with Crippen molar-refractivity contribution in [3.05, 3.63) is 84.1 Å². The monoisotopic (exact) mass is 584 g/mol. The topological polar surface area (TPSA) is 94.9 Å². The summed E-state index contributed by atoms with van der Waals surface area (Å²) >= 11 is 0. The number of nitrogens with zero attached hydrogens (tertiary/aromatic N) is 4. The maximum Gasteiger partial charge on any atom is 0.340 e. The van der Waals surface area contributed by atoms with Crippen LogP contribution in [0.4, 0.5) is 0 Å². The summed E-state index contributed by atoms with van der Waals surface area (Å²) in [6.45, 7) is 0.265. The van der Waals surface area contributed by atoms with Crippen LogP contribution in [0, 0.1) is 0 Å². The Kier molecular flexibility index (Phi) is 11.1. The Morgan fingerprint density at radius 1 is 0.878 bits per heavy atom. The average Bonchev–Trinajstić information content (AvgIpc) is 3.32. The fourth-order valence-electron chi connectivity index (χ4n) is 4.27. The zero-order chi connectivity index (χ0) is 29.2. The molecule has 0 unspecified atom stereocenters. The summed E-state index contributed by atoms with van der Waals surface area (Å²) in [4.78, 5) is 30.6. The zero-order valence-corrected chi connectivity index (χ0v) is 24.8. The van der Waals surface area contributed by atoms with Crippen LogP contribution in [0.2, 0.25) is 0 Å². The molecule has 2 aliphatic heterocycles. The van der Waals surface area contributed by atoms with Crippen molar-refractivity contribution in [3.63, 3.8) is 0 Å². The number of benzene rings is 1. The van der Waals surface area contributed by atoms with Gasteiger partial charge in [0, 0.05) is 57.5 Å². The van der Waals surface area contributed by atoms with Crippen molar-refractivity contribution in [2.24, 2.45) is 0 Å². The number of fused-ring (bicyclic) bond motifs is 1. The predicted molar refractivity (Wildman–Crippen MR) is 155 cm³/mol. The third kappa shape index (κ3) is 9.01. The van der Waals surface area contributed by atoms with Crippen LogP contribution in [0.25, 0.3) is 10.9 Å². The van der Waals surface area contributed by atoms with E-state index in [0.29, 0.717) is 24.0 Å². The minimum Gasteiger partial charge on any atom is -0.435 e. The normalized spacial score (nSPS) is 15.1. The van der Waals surface area contributed by atoms with Gasteiger partial charge in [0.05, 0.1) is 16.7 Å². The van der Waals surface area contributed by atoms with Crippen LogP contribution in [-0.4, -0.2) is 79.5 Å². The molecule has 2 aliphatic rings. The Balaban J connectivity index is 1.37. The second-order valence-corrected chi connectivity index (χ2v) is 11.1.